The van der Waals surface area contributed by atoms with Gasteiger partial charge < -0.3 is 19.5 Å². The Balaban J connectivity index is 1.50. The third-order valence-electron chi connectivity index (χ3n) is 4.26. The number of carbonyl (C=O) groups excluding carboxylic acids is 2. The van der Waals surface area contributed by atoms with E-state index in [2.05, 4.69) is 5.32 Å². The smallest absolute Gasteiger partial charge is 0.414 e. The lowest BCUT2D eigenvalue weighted by Crippen LogP contribution is -2.23. The minimum Gasteiger partial charge on any atom is -0.489 e. The molecule has 2 aromatic rings. The number of nitrogens with one attached hydrogen (secondary N) is 1. The van der Waals surface area contributed by atoms with Gasteiger partial charge >= 0.3 is 6.09 Å². The Morgan fingerprint density at radius 1 is 1.04 bits per heavy atom. The zero-order valence-electron chi connectivity index (χ0n) is 14.4. The molecule has 27 heavy (non-hydrogen) atoms. The number of rotatable bonds is 3. The fourth-order valence-electron chi connectivity index (χ4n) is 2.92. The van der Waals surface area contributed by atoms with Crippen LogP contribution < -0.4 is 19.7 Å². The molecule has 2 aromatic carbocycles. The van der Waals surface area contributed by atoms with Crippen molar-refractivity contribution in [2.45, 2.75) is 6.42 Å². The van der Waals surface area contributed by atoms with Crippen molar-refractivity contribution < 1.29 is 23.8 Å². The summed E-state index contributed by atoms with van der Waals surface area (Å²) >= 11 is 6.24. The first kappa shape index (κ1) is 17.5. The van der Waals surface area contributed by atoms with E-state index in [1.165, 1.54) is 4.90 Å². The van der Waals surface area contributed by atoms with Gasteiger partial charge in [-0.05, 0) is 36.4 Å². The van der Waals surface area contributed by atoms with Crippen LogP contribution in [0.4, 0.5) is 16.2 Å². The van der Waals surface area contributed by atoms with Crippen LogP contribution in [0.3, 0.4) is 0 Å². The molecular weight excluding hydrogens is 372 g/mol. The van der Waals surface area contributed by atoms with Crippen LogP contribution >= 0.6 is 11.6 Å². The van der Waals surface area contributed by atoms with Crippen LogP contribution in [0.2, 0.25) is 5.02 Å². The molecule has 0 bridgehead atoms. The number of hydrogen-bond donors (Lipinski definition) is 1. The number of halogens is 1. The van der Waals surface area contributed by atoms with E-state index in [9.17, 15) is 9.59 Å². The summed E-state index contributed by atoms with van der Waals surface area (Å²) in [6.45, 7) is 1.92. The van der Waals surface area contributed by atoms with E-state index in [-0.39, 0.29) is 12.0 Å². The summed E-state index contributed by atoms with van der Waals surface area (Å²) in [5, 5.41) is 3.14. The molecule has 1 N–H and O–H groups in total. The van der Waals surface area contributed by atoms with Crippen LogP contribution in [-0.2, 0) is 4.74 Å². The fraction of sp³-hybridized carbons (Fsp3) is 0.263. The summed E-state index contributed by atoms with van der Waals surface area (Å²) in [6, 6.07) is 10.1. The summed E-state index contributed by atoms with van der Waals surface area (Å²) in [6.07, 6.45) is 0.386. The number of fused-ring (bicyclic) bond motifs is 1. The third kappa shape index (κ3) is 3.64. The molecule has 1 saturated heterocycles. The van der Waals surface area contributed by atoms with Crippen LogP contribution in [0.25, 0.3) is 0 Å². The summed E-state index contributed by atoms with van der Waals surface area (Å²) in [5.74, 6) is 0.612. The lowest BCUT2D eigenvalue weighted by atomic mass is 10.1. The minimum atomic E-state index is -0.367. The van der Waals surface area contributed by atoms with E-state index in [0.717, 1.165) is 6.42 Å². The highest BCUT2D eigenvalue weighted by Gasteiger charge is 2.23. The Labute approximate surface area is 160 Å². The van der Waals surface area contributed by atoms with E-state index in [1.807, 2.05) is 0 Å². The second-order valence-corrected chi connectivity index (χ2v) is 6.51. The first-order valence-electron chi connectivity index (χ1n) is 8.57. The van der Waals surface area contributed by atoms with Gasteiger partial charge in [-0.25, -0.2) is 4.79 Å². The maximum atomic E-state index is 12.6. The number of benzene rings is 2. The third-order valence-corrected chi connectivity index (χ3v) is 4.54. The number of ether oxygens (including phenoxy) is 3. The highest BCUT2D eigenvalue weighted by atomic mass is 35.5. The first-order valence-corrected chi connectivity index (χ1v) is 8.94. The average molecular weight is 389 g/mol. The molecule has 8 heteroatoms. The average Bonchev–Trinajstić information content (AvgIpc) is 2.94. The van der Waals surface area contributed by atoms with Gasteiger partial charge in [-0.3, -0.25) is 9.69 Å². The quantitative estimate of drug-likeness (QED) is 0.867. The molecule has 0 aromatic heterocycles. The Kier molecular flexibility index (Phi) is 4.77. The van der Waals surface area contributed by atoms with Gasteiger partial charge in [0, 0.05) is 23.4 Å². The van der Waals surface area contributed by atoms with Crippen LogP contribution in [0.1, 0.15) is 16.8 Å². The van der Waals surface area contributed by atoms with Crippen molar-refractivity contribution >= 4 is 35.0 Å². The van der Waals surface area contributed by atoms with E-state index in [1.54, 1.807) is 36.4 Å². The van der Waals surface area contributed by atoms with Gasteiger partial charge in [0.25, 0.3) is 5.91 Å². The Hall–Kier alpha value is -2.93. The van der Waals surface area contributed by atoms with Crippen LogP contribution in [0.5, 0.6) is 11.5 Å². The molecule has 0 unspecified atom stereocenters. The second-order valence-electron chi connectivity index (χ2n) is 6.10. The van der Waals surface area contributed by atoms with E-state index in [4.69, 9.17) is 25.8 Å². The van der Waals surface area contributed by atoms with Crippen molar-refractivity contribution in [1.29, 1.82) is 0 Å². The monoisotopic (exact) mass is 388 g/mol. The number of carbonyl (C=O) groups is 2. The molecule has 2 heterocycles. The molecule has 0 saturated carbocycles. The SMILES string of the molecule is O=C(Nc1ccc(N2CCOC2=O)cc1)c1cc(Cl)c2c(c1)OCCCO2. The van der Waals surface area contributed by atoms with Crippen LogP contribution in [-0.4, -0.2) is 38.4 Å². The Bertz CT molecular complexity index is 884. The minimum absolute atomic E-state index is 0.319. The molecule has 0 radical (unpaired) electrons. The highest BCUT2D eigenvalue weighted by molar-refractivity contribution is 6.32. The summed E-state index contributed by atoms with van der Waals surface area (Å²) in [5.41, 5.74) is 1.69. The molecule has 2 aliphatic rings. The standard InChI is InChI=1S/C19H17ClN2O5/c20-15-10-12(11-16-17(15)26-8-1-7-25-16)18(23)21-13-2-4-14(5-3-13)22-6-9-27-19(22)24/h2-5,10-11H,1,6-9H2,(H,21,23). The molecule has 2 amide bonds. The first-order chi connectivity index (χ1) is 13.1. The summed E-state index contributed by atoms with van der Waals surface area (Å²) in [7, 11) is 0. The van der Waals surface area contributed by atoms with Gasteiger partial charge in [0.1, 0.15) is 6.61 Å². The Morgan fingerprint density at radius 3 is 2.56 bits per heavy atom. The normalized spacial score (nSPS) is 15.9. The van der Waals surface area contributed by atoms with Crippen molar-refractivity contribution in [3.05, 3.63) is 47.0 Å². The number of hydrogen-bond acceptors (Lipinski definition) is 5. The van der Waals surface area contributed by atoms with Crippen molar-refractivity contribution in [2.75, 3.05) is 36.6 Å². The highest BCUT2D eigenvalue weighted by Crippen LogP contribution is 2.38. The molecule has 0 spiro atoms. The number of nitrogens with zero attached hydrogens (tertiary/aromatic N) is 1. The largest absolute Gasteiger partial charge is 0.489 e. The predicted molar refractivity (Wildman–Crippen MR) is 100 cm³/mol. The van der Waals surface area contributed by atoms with Gasteiger partial charge in [0.05, 0.1) is 24.8 Å². The lowest BCUT2D eigenvalue weighted by Gasteiger charge is -2.14. The maximum Gasteiger partial charge on any atom is 0.414 e. The Morgan fingerprint density at radius 2 is 1.81 bits per heavy atom. The van der Waals surface area contributed by atoms with Crippen LogP contribution in [0, 0.1) is 0 Å². The zero-order valence-corrected chi connectivity index (χ0v) is 15.1. The molecule has 2 aliphatic heterocycles. The molecule has 1 fully saturated rings. The fourth-order valence-corrected chi connectivity index (χ4v) is 3.18. The molecule has 4 rings (SSSR count). The second kappa shape index (κ2) is 7.36. The molecule has 140 valence electrons. The van der Waals surface area contributed by atoms with Gasteiger partial charge in [0.15, 0.2) is 11.5 Å². The van der Waals surface area contributed by atoms with Crippen molar-refractivity contribution in [2.24, 2.45) is 0 Å². The molecule has 0 atom stereocenters. The molecular formula is C19H17ClN2O5. The van der Waals surface area contributed by atoms with Crippen molar-refractivity contribution in [3.8, 4) is 11.5 Å². The van der Waals surface area contributed by atoms with Crippen molar-refractivity contribution in [1.82, 2.24) is 0 Å². The van der Waals surface area contributed by atoms with Gasteiger partial charge in [-0.1, -0.05) is 11.6 Å². The topological polar surface area (TPSA) is 77.1 Å². The van der Waals surface area contributed by atoms with E-state index < -0.39 is 0 Å². The number of amides is 2. The van der Waals surface area contributed by atoms with Gasteiger partial charge in [-0.2, -0.15) is 0 Å². The van der Waals surface area contributed by atoms with E-state index in [0.29, 0.717) is 59.8 Å². The van der Waals surface area contributed by atoms with Crippen LogP contribution in [0.15, 0.2) is 36.4 Å². The number of cyclic esters (lactones) is 1. The lowest BCUT2D eigenvalue weighted by molar-refractivity contribution is 0.102. The van der Waals surface area contributed by atoms with Gasteiger partial charge in [0.2, 0.25) is 0 Å². The van der Waals surface area contributed by atoms with Crippen molar-refractivity contribution in [3.63, 3.8) is 0 Å². The number of anilines is 2. The molecule has 7 nitrogen and oxygen atoms in total. The van der Waals surface area contributed by atoms with E-state index >= 15 is 0 Å². The summed E-state index contributed by atoms with van der Waals surface area (Å²) < 4.78 is 16.1. The summed E-state index contributed by atoms with van der Waals surface area (Å²) in [4.78, 5) is 25.7. The molecule has 0 aliphatic carbocycles. The predicted octanol–water partition coefficient (Wildman–Crippen LogP) is 3.71. The maximum absolute atomic E-state index is 12.6. The zero-order chi connectivity index (χ0) is 18.8. The van der Waals surface area contributed by atoms with Gasteiger partial charge in [-0.15, -0.1) is 0 Å².